The molecule has 160 valence electrons. The SMILES string of the molecule is Nc1nc2cc(-c3cccc(OCCC(F)(F)Oc4ccc(F)cc4)c3F)ccn2n1. The number of benzene rings is 2. The van der Waals surface area contributed by atoms with Crippen molar-refractivity contribution in [2.45, 2.75) is 12.5 Å². The first-order valence-electron chi connectivity index (χ1n) is 9.17. The zero-order valence-corrected chi connectivity index (χ0v) is 15.9. The van der Waals surface area contributed by atoms with Crippen molar-refractivity contribution in [2.75, 3.05) is 12.3 Å². The van der Waals surface area contributed by atoms with E-state index >= 15 is 0 Å². The maximum atomic E-state index is 14.9. The van der Waals surface area contributed by atoms with Crippen molar-refractivity contribution < 1.29 is 27.0 Å². The van der Waals surface area contributed by atoms with Gasteiger partial charge in [-0.3, -0.25) is 0 Å². The molecule has 31 heavy (non-hydrogen) atoms. The zero-order valence-electron chi connectivity index (χ0n) is 15.9. The second-order valence-corrected chi connectivity index (χ2v) is 6.60. The Morgan fingerprint density at radius 1 is 1.03 bits per heavy atom. The Kier molecular flexibility index (Phi) is 5.37. The van der Waals surface area contributed by atoms with E-state index in [4.69, 9.17) is 10.5 Å². The zero-order chi connectivity index (χ0) is 22.0. The van der Waals surface area contributed by atoms with E-state index in [0.717, 1.165) is 24.3 Å². The maximum absolute atomic E-state index is 14.9. The molecule has 0 saturated heterocycles. The fourth-order valence-corrected chi connectivity index (χ4v) is 2.92. The molecule has 0 aliphatic heterocycles. The summed E-state index contributed by atoms with van der Waals surface area (Å²) in [7, 11) is 0. The highest BCUT2D eigenvalue weighted by Gasteiger charge is 2.31. The van der Waals surface area contributed by atoms with Crippen LogP contribution in [0.4, 0.5) is 23.5 Å². The minimum Gasteiger partial charge on any atom is -0.490 e. The molecule has 4 rings (SSSR count). The number of nitrogen functional groups attached to an aromatic ring is 1. The Morgan fingerprint density at radius 2 is 1.81 bits per heavy atom. The number of nitrogens with two attached hydrogens (primary N) is 1. The quantitative estimate of drug-likeness (QED) is 0.429. The van der Waals surface area contributed by atoms with Gasteiger partial charge in [-0.15, -0.1) is 5.10 Å². The predicted molar refractivity (Wildman–Crippen MR) is 105 cm³/mol. The first kappa shape index (κ1) is 20.5. The monoisotopic (exact) mass is 432 g/mol. The Morgan fingerprint density at radius 3 is 2.58 bits per heavy atom. The molecule has 10 heteroatoms. The molecule has 0 fully saturated rings. The molecule has 2 N–H and O–H groups in total. The highest BCUT2D eigenvalue weighted by molar-refractivity contribution is 5.69. The van der Waals surface area contributed by atoms with Crippen LogP contribution in [0, 0.1) is 11.6 Å². The summed E-state index contributed by atoms with van der Waals surface area (Å²) in [5.74, 6) is -1.57. The number of halogens is 4. The Hall–Kier alpha value is -3.82. The van der Waals surface area contributed by atoms with Crippen molar-refractivity contribution in [2.24, 2.45) is 0 Å². The Balaban J connectivity index is 1.44. The summed E-state index contributed by atoms with van der Waals surface area (Å²) in [5.41, 5.74) is 6.68. The van der Waals surface area contributed by atoms with E-state index in [2.05, 4.69) is 14.8 Å². The normalized spacial score (nSPS) is 11.6. The average molecular weight is 432 g/mol. The summed E-state index contributed by atoms with van der Waals surface area (Å²) in [6, 6.07) is 11.8. The van der Waals surface area contributed by atoms with Crippen LogP contribution in [0.2, 0.25) is 0 Å². The van der Waals surface area contributed by atoms with Crippen LogP contribution < -0.4 is 15.2 Å². The van der Waals surface area contributed by atoms with E-state index < -0.39 is 30.8 Å². The third kappa shape index (κ3) is 4.68. The molecule has 0 aliphatic rings. The van der Waals surface area contributed by atoms with Gasteiger partial charge in [0.15, 0.2) is 17.2 Å². The molecule has 0 unspecified atom stereocenters. The van der Waals surface area contributed by atoms with Crippen LogP contribution in [0.3, 0.4) is 0 Å². The molecule has 0 bridgehead atoms. The molecular weight excluding hydrogens is 416 g/mol. The van der Waals surface area contributed by atoms with Crippen molar-refractivity contribution >= 4 is 11.6 Å². The largest absolute Gasteiger partial charge is 0.490 e. The van der Waals surface area contributed by atoms with Crippen LogP contribution in [0.5, 0.6) is 11.5 Å². The second kappa shape index (κ2) is 8.13. The number of pyridine rings is 1. The van der Waals surface area contributed by atoms with E-state index in [1.54, 1.807) is 24.4 Å². The minimum absolute atomic E-state index is 0.0819. The number of ether oxygens (including phenoxy) is 2. The average Bonchev–Trinajstić information content (AvgIpc) is 3.10. The third-order valence-corrected chi connectivity index (χ3v) is 4.36. The second-order valence-electron chi connectivity index (χ2n) is 6.60. The summed E-state index contributed by atoms with van der Waals surface area (Å²) in [6.45, 7) is -0.506. The molecule has 4 aromatic rings. The van der Waals surface area contributed by atoms with Crippen molar-refractivity contribution in [3.05, 3.63) is 72.4 Å². The first-order chi connectivity index (χ1) is 14.8. The molecule has 0 saturated carbocycles. The van der Waals surface area contributed by atoms with E-state index in [0.29, 0.717) is 11.2 Å². The number of rotatable bonds is 7. The van der Waals surface area contributed by atoms with Crippen molar-refractivity contribution in [3.63, 3.8) is 0 Å². The molecule has 0 spiro atoms. The van der Waals surface area contributed by atoms with Gasteiger partial charge in [-0.25, -0.2) is 13.3 Å². The van der Waals surface area contributed by atoms with Gasteiger partial charge >= 0.3 is 6.11 Å². The van der Waals surface area contributed by atoms with Crippen LogP contribution in [0.1, 0.15) is 6.42 Å². The first-order valence-corrected chi connectivity index (χ1v) is 9.17. The van der Waals surface area contributed by atoms with Gasteiger partial charge in [0.05, 0.1) is 13.0 Å². The molecule has 0 aliphatic carbocycles. The van der Waals surface area contributed by atoms with Gasteiger partial charge in [-0.1, -0.05) is 12.1 Å². The molecule has 0 amide bonds. The van der Waals surface area contributed by atoms with Crippen molar-refractivity contribution in [1.82, 2.24) is 14.6 Å². The van der Waals surface area contributed by atoms with Crippen LogP contribution in [0.15, 0.2) is 60.8 Å². The molecule has 2 aromatic heterocycles. The minimum atomic E-state index is -3.58. The summed E-state index contributed by atoms with van der Waals surface area (Å²) in [5, 5.41) is 3.95. The lowest BCUT2D eigenvalue weighted by Gasteiger charge is -2.18. The molecule has 2 aromatic carbocycles. The summed E-state index contributed by atoms with van der Waals surface area (Å²) in [4.78, 5) is 4.03. The number of hydrogen-bond acceptors (Lipinski definition) is 5. The van der Waals surface area contributed by atoms with Gasteiger partial charge in [-0.05, 0) is 48.0 Å². The molecule has 2 heterocycles. The van der Waals surface area contributed by atoms with Gasteiger partial charge in [0, 0.05) is 11.8 Å². The lowest BCUT2D eigenvalue weighted by Crippen LogP contribution is -2.27. The van der Waals surface area contributed by atoms with Gasteiger partial charge in [0.1, 0.15) is 11.6 Å². The van der Waals surface area contributed by atoms with Gasteiger partial charge in [0.25, 0.3) is 0 Å². The summed E-state index contributed by atoms with van der Waals surface area (Å²) < 4.78 is 67.0. The molecular formula is C21H16F4N4O2. The number of nitrogens with zero attached hydrogens (tertiary/aromatic N) is 3. The van der Waals surface area contributed by atoms with Crippen LogP contribution in [-0.4, -0.2) is 27.3 Å². The number of anilines is 1. The lowest BCUT2D eigenvalue weighted by molar-refractivity contribution is -0.184. The Bertz CT molecular complexity index is 1210. The third-order valence-electron chi connectivity index (χ3n) is 4.36. The smallest absolute Gasteiger partial charge is 0.401 e. The number of alkyl halides is 2. The molecule has 6 nitrogen and oxygen atoms in total. The van der Waals surface area contributed by atoms with E-state index in [-0.39, 0.29) is 23.0 Å². The highest BCUT2D eigenvalue weighted by Crippen LogP contribution is 2.31. The number of fused-ring (bicyclic) bond motifs is 1. The fraction of sp³-hybridized carbons (Fsp3) is 0.143. The molecule has 0 atom stereocenters. The highest BCUT2D eigenvalue weighted by atomic mass is 19.3. The van der Waals surface area contributed by atoms with Gasteiger partial charge in [-0.2, -0.15) is 13.8 Å². The predicted octanol–water partition coefficient (Wildman–Crippen LogP) is 4.70. The number of hydrogen-bond donors (Lipinski definition) is 1. The van der Waals surface area contributed by atoms with E-state index in [1.807, 2.05) is 0 Å². The topological polar surface area (TPSA) is 74.7 Å². The summed E-state index contributed by atoms with van der Waals surface area (Å²) >= 11 is 0. The Labute approximate surface area is 173 Å². The van der Waals surface area contributed by atoms with Crippen LogP contribution in [-0.2, 0) is 0 Å². The lowest BCUT2D eigenvalue weighted by atomic mass is 10.1. The molecule has 0 radical (unpaired) electrons. The van der Waals surface area contributed by atoms with E-state index in [1.165, 1.54) is 16.6 Å². The van der Waals surface area contributed by atoms with Crippen molar-refractivity contribution in [1.29, 1.82) is 0 Å². The summed E-state index contributed by atoms with van der Waals surface area (Å²) in [6.07, 6.45) is -2.84. The van der Waals surface area contributed by atoms with Crippen molar-refractivity contribution in [3.8, 4) is 22.6 Å². The number of aromatic nitrogens is 3. The van der Waals surface area contributed by atoms with Crippen LogP contribution >= 0.6 is 0 Å². The fourth-order valence-electron chi connectivity index (χ4n) is 2.92. The van der Waals surface area contributed by atoms with Crippen LogP contribution in [0.25, 0.3) is 16.8 Å². The van der Waals surface area contributed by atoms with Gasteiger partial charge < -0.3 is 15.2 Å². The standard InChI is InChI=1S/C21H16F4N4O2/c22-14-4-6-15(7-5-14)31-21(24,25)9-11-30-17-3-1-2-16(19(17)23)13-8-10-29-18(12-13)27-20(26)28-29/h1-8,10,12H,9,11H2,(H2,26,28). The van der Waals surface area contributed by atoms with E-state index in [9.17, 15) is 17.6 Å². The van der Waals surface area contributed by atoms with Gasteiger partial charge in [0.2, 0.25) is 5.95 Å². The maximum Gasteiger partial charge on any atom is 0.401 e.